The van der Waals surface area contributed by atoms with Crippen molar-refractivity contribution in [3.63, 3.8) is 0 Å². The number of rotatable bonds is 8. The van der Waals surface area contributed by atoms with Crippen molar-refractivity contribution in [3.8, 4) is 11.5 Å². The fourth-order valence-electron chi connectivity index (χ4n) is 2.11. The van der Waals surface area contributed by atoms with Gasteiger partial charge in [0.05, 0.1) is 14.2 Å². The van der Waals surface area contributed by atoms with Gasteiger partial charge in [-0.05, 0) is 30.2 Å². The number of hydrogen-bond acceptors (Lipinski definition) is 3. The van der Waals surface area contributed by atoms with Crippen molar-refractivity contribution in [3.05, 3.63) is 23.8 Å². The third-order valence-corrected chi connectivity index (χ3v) is 3.57. The molecule has 0 aromatic heterocycles. The Morgan fingerprint density at radius 2 is 1.79 bits per heavy atom. The van der Waals surface area contributed by atoms with Crippen molar-refractivity contribution in [2.75, 3.05) is 27.3 Å². The van der Waals surface area contributed by atoms with Gasteiger partial charge in [-0.1, -0.05) is 33.3 Å². The fraction of sp³-hybridized carbons (Fsp3) is 0.625. The van der Waals surface area contributed by atoms with E-state index >= 15 is 0 Å². The highest BCUT2D eigenvalue weighted by Crippen LogP contribution is 2.28. The molecule has 19 heavy (non-hydrogen) atoms. The van der Waals surface area contributed by atoms with E-state index < -0.39 is 0 Å². The first-order valence-electron chi connectivity index (χ1n) is 7.07. The minimum absolute atomic E-state index is 0.736. The van der Waals surface area contributed by atoms with Crippen LogP contribution >= 0.6 is 0 Å². The van der Waals surface area contributed by atoms with Gasteiger partial charge in [-0.3, -0.25) is 4.90 Å². The number of methoxy groups -OCH3 is 2. The van der Waals surface area contributed by atoms with Crippen LogP contribution < -0.4 is 9.47 Å². The SMILES string of the molecule is CC[C@@H](C)CN(CC)Cc1ccc(OC)c(OC)c1. The lowest BCUT2D eigenvalue weighted by Crippen LogP contribution is -2.27. The largest absolute Gasteiger partial charge is 0.493 e. The maximum absolute atomic E-state index is 5.35. The molecule has 1 aromatic rings. The van der Waals surface area contributed by atoms with Gasteiger partial charge in [-0.2, -0.15) is 0 Å². The van der Waals surface area contributed by atoms with Gasteiger partial charge in [0.2, 0.25) is 0 Å². The summed E-state index contributed by atoms with van der Waals surface area (Å²) in [7, 11) is 3.34. The molecule has 108 valence electrons. The van der Waals surface area contributed by atoms with Crippen molar-refractivity contribution in [1.82, 2.24) is 4.90 Å². The van der Waals surface area contributed by atoms with E-state index in [1.165, 1.54) is 12.0 Å². The van der Waals surface area contributed by atoms with Crippen molar-refractivity contribution in [1.29, 1.82) is 0 Å². The van der Waals surface area contributed by atoms with Gasteiger partial charge in [-0.25, -0.2) is 0 Å². The van der Waals surface area contributed by atoms with Crippen molar-refractivity contribution in [2.45, 2.75) is 33.7 Å². The van der Waals surface area contributed by atoms with E-state index in [0.29, 0.717) is 0 Å². The molecule has 3 nitrogen and oxygen atoms in total. The molecule has 0 amide bonds. The second kappa shape index (κ2) is 8.05. The standard InChI is InChI=1S/C16H27NO2/c1-6-13(3)11-17(7-2)12-14-8-9-15(18-4)16(10-14)19-5/h8-10,13H,6-7,11-12H2,1-5H3/t13-/m1/s1. The lowest BCUT2D eigenvalue weighted by molar-refractivity contribution is 0.237. The predicted octanol–water partition coefficient (Wildman–Crippen LogP) is 3.57. The van der Waals surface area contributed by atoms with E-state index in [1.54, 1.807) is 14.2 Å². The van der Waals surface area contributed by atoms with E-state index in [-0.39, 0.29) is 0 Å². The monoisotopic (exact) mass is 265 g/mol. The van der Waals surface area contributed by atoms with Crippen LogP contribution in [0.4, 0.5) is 0 Å². The van der Waals surface area contributed by atoms with Crippen LogP contribution in [-0.2, 0) is 6.54 Å². The quantitative estimate of drug-likeness (QED) is 0.717. The van der Waals surface area contributed by atoms with Gasteiger partial charge in [0.1, 0.15) is 0 Å². The molecule has 0 spiro atoms. The minimum Gasteiger partial charge on any atom is -0.493 e. The van der Waals surface area contributed by atoms with E-state index in [2.05, 4.69) is 37.8 Å². The van der Waals surface area contributed by atoms with E-state index in [1.807, 2.05) is 6.07 Å². The molecular weight excluding hydrogens is 238 g/mol. The smallest absolute Gasteiger partial charge is 0.161 e. The lowest BCUT2D eigenvalue weighted by Gasteiger charge is -2.24. The molecule has 1 atom stereocenters. The molecule has 0 heterocycles. The number of nitrogens with zero attached hydrogens (tertiary/aromatic N) is 1. The van der Waals surface area contributed by atoms with Crippen LogP contribution in [0.25, 0.3) is 0 Å². The van der Waals surface area contributed by atoms with Gasteiger partial charge < -0.3 is 9.47 Å². The Labute approximate surface area is 117 Å². The molecular formula is C16H27NO2. The number of hydrogen-bond donors (Lipinski definition) is 0. The highest BCUT2D eigenvalue weighted by atomic mass is 16.5. The van der Waals surface area contributed by atoms with Crippen LogP contribution in [0.15, 0.2) is 18.2 Å². The molecule has 0 saturated heterocycles. The Bertz CT molecular complexity index is 379. The molecule has 0 bridgehead atoms. The molecule has 0 radical (unpaired) electrons. The first-order chi connectivity index (χ1) is 9.14. The third-order valence-electron chi connectivity index (χ3n) is 3.57. The highest BCUT2D eigenvalue weighted by Gasteiger charge is 2.10. The van der Waals surface area contributed by atoms with Gasteiger partial charge >= 0.3 is 0 Å². The van der Waals surface area contributed by atoms with Crippen molar-refractivity contribution < 1.29 is 9.47 Å². The molecule has 0 saturated carbocycles. The Morgan fingerprint density at radius 1 is 1.11 bits per heavy atom. The number of benzene rings is 1. The van der Waals surface area contributed by atoms with E-state index in [4.69, 9.17) is 9.47 Å². The predicted molar refractivity (Wildman–Crippen MR) is 80.0 cm³/mol. The molecule has 0 aliphatic rings. The Balaban J connectivity index is 2.74. The molecule has 1 aromatic carbocycles. The fourth-order valence-corrected chi connectivity index (χ4v) is 2.11. The minimum atomic E-state index is 0.736. The summed E-state index contributed by atoms with van der Waals surface area (Å²) in [5.41, 5.74) is 1.27. The molecule has 0 unspecified atom stereocenters. The zero-order chi connectivity index (χ0) is 14.3. The average Bonchev–Trinajstić information content (AvgIpc) is 2.45. The topological polar surface area (TPSA) is 21.7 Å². The first kappa shape index (κ1) is 15.8. The lowest BCUT2D eigenvalue weighted by atomic mass is 10.1. The van der Waals surface area contributed by atoms with Crippen LogP contribution in [0.1, 0.15) is 32.8 Å². The molecule has 0 aliphatic carbocycles. The van der Waals surface area contributed by atoms with Crippen molar-refractivity contribution in [2.24, 2.45) is 5.92 Å². The summed E-state index contributed by atoms with van der Waals surface area (Å²) in [6, 6.07) is 6.16. The van der Waals surface area contributed by atoms with E-state index in [9.17, 15) is 0 Å². The Morgan fingerprint density at radius 3 is 2.32 bits per heavy atom. The summed E-state index contributed by atoms with van der Waals surface area (Å²) in [5, 5.41) is 0. The summed E-state index contributed by atoms with van der Waals surface area (Å²) in [6.45, 7) is 9.93. The normalized spacial score (nSPS) is 12.5. The first-order valence-corrected chi connectivity index (χ1v) is 7.07. The van der Waals surface area contributed by atoms with Gasteiger partial charge in [0.15, 0.2) is 11.5 Å². The summed E-state index contributed by atoms with van der Waals surface area (Å²) < 4.78 is 10.6. The van der Waals surface area contributed by atoms with E-state index in [0.717, 1.165) is 37.1 Å². The summed E-state index contributed by atoms with van der Waals surface area (Å²) in [4.78, 5) is 2.47. The number of ether oxygens (including phenoxy) is 2. The van der Waals surface area contributed by atoms with Gasteiger partial charge in [-0.15, -0.1) is 0 Å². The van der Waals surface area contributed by atoms with Crippen LogP contribution in [0, 0.1) is 5.92 Å². The maximum Gasteiger partial charge on any atom is 0.161 e. The Hall–Kier alpha value is -1.22. The van der Waals surface area contributed by atoms with Gasteiger partial charge in [0.25, 0.3) is 0 Å². The summed E-state index contributed by atoms with van der Waals surface area (Å²) >= 11 is 0. The van der Waals surface area contributed by atoms with Crippen LogP contribution in [0.5, 0.6) is 11.5 Å². The van der Waals surface area contributed by atoms with Crippen LogP contribution in [0.2, 0.25) is 0 Å². The second-order valence-corrected chi connectivity index (χ2v) is 5.03. The molecule has 1 rings (SSSR count). The zero-order valence-corrected chi connectivity index (χ0v) is 12.9. The Kier molecular flexibility index (Phi) is 6.71. The third kappa shape index (κ3) is 4.75. The summed E-state index contributed by atoms with van der Waals surface area (Å²) in [6.07, 6.45) is 1.22. The van der Waals surface area contributed by atoms with Crippen molar-refractivity contribution >= 4 is 0 Å². The highest BCUT2D eigenvalue weighted by molar-refractivity contribution is 5.42. The molecule has 3 heteroatoms. The van der Waals surface area contributed by atoms with Crippen LogP contribution in [0.3, 0.4) is 0 Å². The molecule has 0 N–H and O–H groups in total. The zero-order valence-electron chi connectivity index (χ0n) is 12.9. The molecule has 0 fully saturated rings. The van der Waals surface area contributed by atoms with Crippen LogP contribution in [-0.4, -0.2) is 32.2 Å². The summed E-state index contributed by atoms with van der Waals surface area (Å²) in [5.74, 6) is 2.33. The maximum atomic E-state index is 5.35. The second-order valence-electron chi connectivity index (χ2n) is 5.03. The average molecular weight is 265 g/mol. The van der Waals surface area contributed by atoms with Gasteiger partial charge in [0, 0.05) is 13.1 Å². The molecule has 0 aliphatic heterocycles.